The molecule has 1 aliphatic rings. The molecule has 2 rings (SSSR count). The number of benzene rings is 1. The Morgan fingerprint density at radius 2 is 2.13 bits per heavy atom. The van der Waals surface area contributed by atoms with Crippen LogP contribution in [0.1, 0.15) is 26.3 Å². The van der Waals surface area contributed by atoms with Crippen molar-refractivity contribution >= 4 is 27.5 Å². The summed E-state index contributed by atoms with van der Waals surface area (Å²) in [5.74, 6) is 0.111. The van der Waals surface area contributed by atoms with E-state index in [2.05, 4.69) is 35.8 Å². The smallest absolute Gasteiger partial charge is 0.223 e. The molecular formula is C12H14BrNO. The second-order valence-corrected chi connectivity index (χ2v) is 5.57. The van der Waals surface area contributed by atoms with Gasteiger partial charge in [0.2, 0.25) is 5.91 Å². The summed E-state index contributed by atoms with van der Waals surface area (Å²) in [6.07, 6.45) is 0. The van der Waals surface area contributed by atoms with Crippen LogP contribution in [0, 0.1) is 0 Å². The van der Waals surface area contributed by atoms with Gasteiger partial charge in [0.05, 0.1) is 0 Å². The first-order chi connectivity index (χ1) is 6.92. The summed E-state index contributed by atoms with van der Waals surface area (Å²) in [6.45, 7) is 6.73. The highest BCUT2D eigenvalue weighted by atomic mass is 79.9. The fraction of sp³-hybridized carbons (Fsp3) is 0.417. The van der Waals surface area contributed by atoms with Gasteiger partial charge in [-0.1, -0.05) is 35.8 Å². The van der Waals surface area contributed by atoms with Crippen LogP contribution in [0.2, 0.25) is 0 Å². The van der Waals surface area contributed by atoms with Crippen LogP contribution in [0.4, 0.5) is 5.69 Å². The van der Waals surface area contributed by atoms with E-state index in [4.69, 9.17) is 0 Å². The number of halogens is 1. The number of amides is 1. The van der Waals surface area contributed by atoms with Crippen LogP contribution in [0.3, 0.4) is 0 Å². The summed E-state index contributed by atoms with van der Waals surface area (Å²) in [5.41, 5.74) is 2.35. The number of nitrogens with zero attached hydrogens (tertiary/aromatic N) is 1. The summed E-state index contributed by atoms with van der Waals surface area (Å²) >= 11 is 3.44. The average Bonchev–Trinajstić information content (AvgIpc) is 2.38. The third-order valence-electron chi connectivity index (χ3n) is 2.91. The van der Waals surface area contributed by atoms with E-state index in [1.54, 1.807) is 6.92 Å². The maximum absolute atomic E-state index is 11.5. The number of carbonyl (C=O) groups is 1. The molecule has 80 valence electrons. The van der Waals surface area contributed by atoms with Gasteiger partial charge in [-0.2, -0.15) is 0 Å². The summed E-state index contributed by atoms with van der Waals surface area (Å²) < 4.78 is 1.02. The molecule has 0 fully saturated rings. The number of rotatable bonds is 0. The lowest BCUT2D eigenvalue weighted by molar-refractivity contribution is -0.116. The minimum absolute atomic E-state index is 0.0572. The van der Waals surface area contributed by atoms with Crippen molar-refractivity contribution in [1.82, 2.24) is 0 Å². The Hall–Kier alpha value is -0.830. The monoisotopic (exact) mass is 267 g/mol. The molecule has 0 radical (unpaired) electrons. The predicted molar refractivity (Wildman–Crippen MR) is 65.2 cm³/mol. The van der Waals surface area contributed by atoms with Crippen molar-refractivity contribution in [3.05, 3.63) is 28.2 Å². The number of hydrogen-bond donors (Lipinski definition) is 0. The molecule has 1 amide bonds. The molecule has 1 aliphatic heterocycles. The van der Waals surface area contributed by atoms with Crippen molar-refractivity contribution in [2.75, 3.05) is 11.4 Å². The van der Waals surface area contributed by atoms with Crippen molar-refractivity contribution in [1.29, 1.82) is 0 Å². The Morgan fingerprint density at radius 3 is 2.73 bits per heavy atom. The van der Waals surface area contributed by atoms with E-state index in [0.717, 1.165) is 16.7 Å². The molecule has 0 aromatic heterocycles. The van der Waals surface area contributed by atoms with Crippen LogP contribution >= 0.6 is 15.9 Å². The highest BCUT2D eigenvalue weighted by molar-refractivity contribution is 9.10. The van der Waals surface area contributed by atoms with Gasteiger partial charge in [0, 0.05) is 29.0 Å². The lowest BCUT2D eigenvalue weighted by Gasteiger charge is -2.19. The molecule has 0 saturated carbocycles. The Balaban J connectivity index is 2.58. The molecule has 1 heterocycles. The Morgan fingerprint density at radius 1 is 1.47 bits per heavy atom. The van der Waals surface area contributed by atoms with Gasteiger partial charge in [-0.05, 0) is 17.7 Å². The van der Waals surface area contributed by atoms with Crippen molar-refractivity contribution < 1.29 is 4.79 Å². The summed E-state index contributed by atoms with van der Waals surface area (Å²) in [7, 11) is 0. The minimum atomic E-state index is 0.0572. The number of carbonyl (C=O) groups excluding carboxylic acids is 1. The molecule has 0 spiro atoms. The maximum atomic E-state index is 11.5. The van der Waals surface area contributed by atoms with Gasteiger partial charge in [-0.25, -0.2) is 0 Å². The molecule has 2 nitrogen and oxygen atoms in total. The van der Waals surface area contributed by atoms with Gasteiger partial charge >= 0.3 is 0 Å². The summed E-state index contributed by atoms with van der Waals surface area (Å²) in [6, 6.07) is 6.15. The SMILES string of the molecule is CC(=O)N1CC(C)(C)c2ccc(Br)cc21. The highest BCUT2D eigenvalue weighted by Gasteiger charge is 2.36. The molecule has 0 bridgehead atoms. The van der Waals surface area contributed by atoms with E-state index in [0.29, 0.717) is 0 Å². The first kappa shape index (κ1) is 10.7. The molecule has 1 aromatic rings. The van der Waals surface area contributed by atoms with Gasteiger partial charge in [0.15, 0.2) is 0 Å². The second-order valence-electron chi connectivity index (χ2n) is 4.65. The van der Waals surface area contributed by atoms with Gasteiger partial charge in [0.1, 0.15) is 0 Å². The van der Waals surface area contributed by atoms with Crippen LogP contribution in [-0.4, -0.2) is 12.5 Å². The third kappa shape index (κ3) is 1.69. The second kappa shape index (κ2) is 3.34. The van der Waals surface area contributed by atoms with E-state index < -0.39 is 0 Å². The Labute approximate surface area is 98.4 Å². The van der Waals surface area contributed by atoms with Crippen molar-refractivity contribution in [3.8, 4) is 0 Å². The zero-order valence-electron chi connectivity index (χ0n) is 9.17. The van der Waals surface area contributed by atoms with E-state index in [1.807, 2.05) is 17.0 Å². The standard InChI is InChI=1S/C12H14BrNO/c1-8(15)14-7-12(2,3)10-5-4-9(13)6-11(10)14/h4-6H,7H2,1-3H3. The van der Waals surface area contributed by atoms with Crippen LogP contribution in [-0.2, 0) is 10.2 Å². The first-order valence-corrected chi connectivity index (χ1v) is 5.79. The van der Waals surface area contributed by atoms with Crippen molar-refractivity contribution in [3.63, 3.8) is 0 Å². The number of fused-ring (bicyclic) bond motifs is 1. The Bertz CT molecular complexity index is 426. The molecule has 3 heteroatoms. The first-order valence-electron chi connectivity index (χ1n) is 5.00. The van der Waals surface area contributed by atoms with E-state index in [9.17, 15) is 4.79 Å². The zero-order valence-corrected chi connectivity index (χ0v) is 10.8. The van der Waals surface area contributed by atoms with Gasteiger partial charge in [0.25, 0.3) is 0 Å². The maximum Gasteiger partial charge on any atom is 0.223 e. The molecular weight excluding hydrogens is 254 g/mol. The van der Waals surface area contributed by atoms with Crippen molar-refractivity contribution in [2.45, 2.75) is 26.2 Å². The summed E-state index contributed by atoms with van der Waals surface area (Å²) in [4.78, 5) is 13.4. The zero-order chi connectivity index (χ0) is 11.2. The number of anilines is 1. The number of hydrogen-bond acceptors (Lipinski definition) is 1. The van der Waals surface area contributed by atoms with E-state index in [1.165, 1.54) is 5.56 Å². The normalized spacial score (nSPS) is 17.7. The van der Waals surface area contributed by atoms with Crippen LogP contribution in [0.15, 0.2) is 22.7 Å². The van der Waals surface area contributed by atoms with Gasteiger partial charge < -0.3 is 4.90 Å². The van der Waals surface area contributed by atoms with Gasteiger partial charge in [-0.3, -0.25) is 4.79 Å². The largest absolute Gasteiger partial charge is 0.311 e. The lowest BCUT2D eigenvalue weighted by Crippen LogP contribution is -2.31. The van der Waals surface area contributed by atoms with Gasteiger partial charge in [-0.15, -0.1) is 0 Å². The summed E-state index contributed by atoms with van der Waals surface area (Å²) in [5, 5.41) is 0. The van der Waals surface area contributed by atoms with Crippen LogP contribution in [0.5, 0.6) is 0 Å². The Kier molecular flexibility index (Phi) is 2.38. The fourth-order valence-corrected chi connectivity index (χ4v) is 2.50. The highest BCUT2D eigenvalue weighted by Crippen LogP contribution is 2.41. The molecule has 0 unspecified atom stereocenters. The van der Waals surface area contributed by atoms with E-state index >= 15 is 0 Å². The van der Waals surface area contributed by atoms with Crippen molar-refractivity contribution in [2.24, 2.45) is 0 Å². The average molecular weight is 268 g/mol. The lowest BCUT2D eigenvalue weighted by atomic mass is 9.87. The molecule has 0 saturated heterocycles. The molecule has 0 aliphatic carbocycles. The predicted octanol–water partition coefficient (Wildman–Crippen LogP) is 3.09. The molecule has 15 heavy (non-hydrogen) atoms. The van der Waals surface area contributed by atoms with E-state index in [-0.39, 0.29) is 11.3 Å². The topological polar surface area (TPSA) is 20.3 Å². The minimum Gasteiger partial charge on any atom is -0.311 e. The quantitative estimate of drug-likeness (QED) is 0.708. The van der Waals surface area contributed by atoms with Crippen LogP contribution < -0.4 is 4.90 Å². The van der Waals surface area contributed by atoms with Crippen LogP contribution in [0.25, 0.3) is 0 Å². The molecule has 0 atom stereocenters. The molecule has 1 aromatic carbocycles. The fourth-order valence-electron chi connectivity index (χ4n) is 2.15. The third-order valence-corrected chi connectivity index (χ3v) is 3.41. The molecule has 0 N–H and O–H groups in total.